The van der Waals surface area contributed by atoms with Crippen LogP contribution < -0.4 is 0 Å². The van der Waals surface area contributed by atoms with E-state index in [4.69, 9.17) is 0 Å². The van der Waals surface area contributed by atoms with Gasteiger partial charge in [0.2, 0.25) is 5.76 Å². The van der Waals surface area contributed by atoms with Crippen LogP contribution in [0.2, 0.25) is 0 Å². The number of ether oxygens (including phenoxy) is 1. The first-order valence-corrected chi connectivity index (χ1v) is 3.79. The molecule has 0 amide bonds. The molecule has 0 saturated carbocycles. The molecule has 0 aromatic carbocycles. The van der Waals surface area contributed by atoms with Gasteiger partial charge in [0.1, 0.15) is 0 Å². The standard InChI is InChI=1S/C7H6F8O/c1-2-16-4(6(10,11)12)3-5(8,9)7(13,14)15/h3H,2H2,1H3. The molecule has 0 rings (SSSR count). The first-order chi connectivity index (χ1) is 6.92. The van der Waals surface area contributed by atoms with Crippen molar-refractivity contribution < 1.29 is 39.9 Å². The molecule has 0 spiro atoms. The molecule has 0 aliphatic rings. The Morgan fingerprint density at radius 1 is 1.00 bits per heavy atom. The smallest absolute Gasteiger partial charge is 0.457 e. The van der Waals surface area contributed by atoms with E-state index in [1.165, 1.54) is 0 Å². The summed E-state index contributed by atoms with van der Waals surface area (Å²) >= 11 is 0. The molecule has 0 aliphatic carbocycles. The normalized spacial score (nSPS) is 15.2. The zero-order valence-electron chi connectivity index (χ0n) is 7.72. The van der Waals surface area contributed by atoms with Crippen molar-refractivity contribution in [1.82, 2.24) is 0 Å². The number of rotatable bonds is 3. The van der Waals surface area contributed by atoms with E-state index < -0.39 is 36.7 Å². The summed E-state index contributed by atoms with van der Waals surface area (Å²) in [7, 11) is 0. The predicted molar refractivity (Wildman–Crippen MR) is 36.8 cm³/mol. The average molecular weight is 258 g/mol. The zero-order chi connectivity index (χ0) is 13.2. The van der Waals surface area contributed by atoms with Crippen molar-refractivity contribution in [2.24, 2.45) is 0 Å². The Morgan fingerprint density at radius 2 is 1.44 bits per heavy atom. The maximum atomic E-state index is 12.3. The number of alkyl halides is 8. The van der Waals surface area contributed by atoms with Crippen LogP contribution in [0, 0.1) is 0 Å². The van der Waals surface area contributed by atoms with Gasteiger partial charge in [-0.1, -0.05) is 0 Å². The Bertz CT molecular complexity index is 261. The Kier molecular flexibility index (Phi) is 4.18. The second-order valence-electron chi connectivity index (χ2n) is 2.56. The monoisotopic (exact) mass is 258 g/mol. The maximum Gasteiger partial charge on any atom is 0.457 e. The van der Waals surface area contributed by atoms with Gasteiger partial charge in [-0.25, -0.2) is 0 Å². The van der Waals surface area contributed by atoms with Gasteiger partial charge in [-0.3, -0.25) is 0 Å². The lowest BCUT2D eigenvalue weighted by atomic mass is 10.2. The molecule has 0 aliphatic heterocycles. The van der Waals surface area contributed by atoms with Gasteiger partial charge in [0.15, 0.2) is 0 Å². The minimum absolute atomic E-state index is 0.681. The summed E-state index contributed by atoms with van der Waals surface area (Å²) in [5.74, 6) is -7.95. The number of allylic oxidation sites excluding steroid dienone is 2. The van der Waals surface area contributed by atoms with Crippen molar-refractivity contribution in [2.75, 3.05) is 6.61 Å². The molecule has 16 heavy (non-hydrogen) atoms. The fraction of sp³-hybridized carbons (Fsp3) is 0.714. The number of hydrogen-bond donors (Lipinski definition) is 0. The summed E-state index contributed by atoms with van der Waals surface area (Å²) in [6, 6.07) is 0. The zero-order valence-corrected chi connectivity index (χ0v) is 7.72. The average Bonchev–Trinajstić information content (AvgIpc) is 1.99. The van der Waals surface area contributed by atoms with E-state index in [-0.39, 0.29) is 0 Å². The molecule has 1 nitrogen and oxygen atoms in total. The van der Waals surface area contributed by atoms with Gasteiger partial charge in [0.25, 0.3) is 0 Å². The highest BCUT2D eigenvalue weighted by Crippen LogP contribution is 2.39. The molecule has 0 aromatic rings. The van der Waals surface area contributed by atoms with E-state index in [9.17, 15) is 35.1 Å². The van der Waals surface area contributed by atoms with Gasteiger partial charge in [0, 0.05) is 6.08 Å². The third-order valence-electron chi connectivity index (χ3n) is 1.27. The van der Waals surface area contributed by atoms with Crippen LogP contribution in [-0.4, -0.2) is 24.9 Å². The largest absolute Gasteiger partial charge is 0.489 e. The maximum absolute atomic E-state index is 12.3. The number of halogens is 8. The first kappa shape index (κ1) is 15.0. The van der Waals surface area contributed by atoms with Crippen molar-refractivity contribution in [3.63, 3.8) is 0 Å². The lowest BCUT2D eigenvalue weighted by molar-refractivity contribution is -0.261. The van der Waals surface area contributed by atoms with E-state index in [1.54, 1.807) is 0 Å². The highest BCUT2D eigenvalue weighted by Gasteiger charge is 2.57. The van der Waals surface area contributed by atoms with Crippen molar-refractivity contribution >= 4 is 0 Å². The van der Waals surface area contributed by atoms with Gasteiger partial charge in [-0.05, 0) is 6.92 Å². The molecule has 0 saturated heterocycles. The van der Waals surface area contributed by atoms with Crippen LogP contribution in [0.4, 0.5) is 35.1 Å². The van der Waals surface area contributed by atoms with Crippen LogP contribution in [-0.2, 0) is 4.74 Å². The topological polar surface area (TPSA) is 9.23 Å². The molecule has 0 atom stereocenters. The van der Waals surface area contributed by atoms with Crippen molar-refractivity contribution in [1.29, 1.82) is 0 Å². The minimum atomic E-state index is -6.10. The summed E-state index contributed by atoms with van der Waals surface area (Å²) < 4.78 is 98.8. The van der Waals surface area contributed by atoms with E-state index in [2.05, 4.69) is 4.74 Å². The van der Waals surface area contributed by atoms with E-state index in [0.29, 0.717) is 0 Å². The Balaban J connectivity index is 5.22. The molecular weight excluding hydrogens is 252 g/mol. The quantitative estimate of drug-likeness (QED) is 0.554. The van der Waals surface area contributed by atoms with Crippen molar-refractivity contribution in [3.05, 3.63) is 11.8 Å². The van der Waals surface area contributed by atoms with Crippen LogP contribution in [0.3, 0.4) is 0 Å². The predicted octanol–water partition coefficient (Wildman–Crippen LogP) is 3.67. The van der Waals surface area contributed by atoms with Crippen LogP contribution in [0.1, 0.15) is 6.92 Å². The van der Waals surface area contributed by atoms with Crippen molar-refractivity contribution in [3.8, 4) is 0 Å². The first-order valence-electron chi connectivity index (χ1n) is 3.79. The molecule has 9 heteroatoms. The molecule has 0 radical (unpaired) electrons. The third-order valence-corrected chi connectivity index (χ3v) is 1.27. The fourth-order valence-electron chi connectivity index (χ4n) is 0.607. The van der Waals surface area contributed by atoms with Crippen LogP contribution in [0.15, 0.2) is 11.8 Å². The lowest BCUT2D eigenvalue weighted by Crippen LogP contribution is -2.36. The molecule has 0 fully saturated rings. The number of hydrogen-bond acceptors (Lipinski definition) is 1. The molecule has 96 valence electrons. The van der Waals surface area contributed by atoms with Crippen LogP contribution >= 0.6 is 0 Å². The molecule has 0 unspecified atom stereocenters. The van der Waals surface area contributed by atoms with E-state index in [1.807, 2.05) is 0 Å². The molecule has 0 aromatic heterocycles. The molecule has 0 N–H and O–H groups in total. The van der Waals surface area contributed by atoms with Gasteiger partial charge in [-0.2, -0.15) is 35.1 Å². The highest BCUT2D eigenvalue weighted by molar-refractivity contribution is 5.09. The van der Waals surface area contributed by atoms with Crippen LogP contribution in [0.25, 0.3) is 0 Å². The summed E-state index contributed by atoms with van der Waals surface area (Å²) in [5.41, 5.74) is 0. The minimum Gasteiger partial charge on any atom is -0.489 e. The summed E-state index contributed by atoms with van der Waals surface area (Å²) in [6.07, 6.45) is -12.8. The molecular formula is C7H6F8O. The Hall–Kier alpha value is -1.02. The lowest BCUT2D eigenvalue weighted by Gasteiger charge is -2.19. The summed E-state index contributed by atoms with van der Waals surface area (Å²) in [4.78, 5) is 0. The fourth-order valence-corrected chi connectivity index (χ4v) is 0.607. The Labute approximate surface area is 84.7 Å². The SMILES string of the molecule is CCOC(=CC(F)(F)C(F)(F)F)C(F)(F)F. The van der Waals surface area contributed by atoms with E-state index in [0.717, 1.165) is 6.92 Å². The highest BCUT2D eigenvalue weighted by atomic mass is 19.4. The summed E-state index contributed by atoms with van der Waals surface area (Å²) in [6.45, 7) is 0.338. The Morgan fingerprint density at radius 3 is 1.69 bits per heavy atom. The summed E-state index contributed by atoms with van der Waals surface area (Å²) in [5, 5.41) is 0. The second-order valence-corrected chi connectivity index (χ2v) is 2.56. The van der Waals surface area contributed by atoms with Gasteiger partial charge in [0.05, 0.1) is 6.61 Å². The van der Waals surface area contributed by atoms with E-state index >= 15 is 0 Å². The molecule has 0 heterocycles. The van der Waals surface area contributed by atoms with Crippen LogP contribution in [0.5, 0.6) is 0 Å². The molecule has 0 bridgehead atoms. The third kappa shape index (κ3) is 3.86. The van der Waals surface area contributed by atoms with Crippen molar-refractivity contribution in [2.45, 2.75) is 25.2 Å². The van der Waals surface area contributed by atoms with Gasteiger partial charge < -0.3 is 4.74 Å². The van der Waals surface area contributed by atoms with Gasteiger partial charge in [-0.15, -0.1) is 0 Å². The second kappa shape index (κ2) is 4.46. The van der Waals surface area contributed by atoms with Gasteiger partial charge >= 0.3 is 18.3 Å².